The third-order valence-electron chi connectivity index (χ3n) is 2.49. The van der Waals surface area contributed by atoms with Crippen LogP contribution >= 0.6 is 39.1 Å². The lowest BCUT2D eigenvalue weighted by Crippen LogP contribution is -2.11. The molecule has 1 N–H and O–H groups in total. The zero-order valence-corrected chi connectivity index (χ0v) is 12.9. The first-order valence-corrected chi connectivity index (χ1v) is 7.21. The molecule has 2 nitrogen and oxygen atoms in total. The normalized spacial score (nSPS) is 10.3. The Hall–Kier alpha value is -1.03. The van der Waals surface area contributed by atoms with Gasteiger partial charge in [0.15, 0.2) is 0 Å². The fourth-order valence-electron chi connectivity index (χ4n) is 1.57. The van der Waals surface area contributed by atoms with E-state index < -0.39 is 0 Å². The standard InChI is InChI=1S/C14H10BrCl2NO/c15-11-5-10(6-12(17)7-11)14(19)18-13-3-1-9(8-16)2-4-13/h1-7H,8H2,(H,18,19). The lowest BCUT2D eigenvalue weighted by molar-refractivity contribution is 0.102. The molecular formula is C14H10BrCl2NO. The summed E-state index contributed by atoms with van der Waals surface area (Å²) in [6, 6.07) is 12.4. The summed E-state index contributed by atoms with van der Waals surface area (Å²) in [5.41, 5.74) is 2.22. The number of rotatable bonds is 3. The number of anilines is 1. The van der Waals surface area contributed by atoms with E-state index in [-0.39, 0.29) is 5.91 Å². The maximum Gasteiger partial charge on any atom is 0.255 e. The third-order valence-corrected chi connectivity index (χ3v) is 3.48. The number of carbonyl (C=O) groups excluding carboxylic acids is 1. The van der Waals surface area contributed by atoms with E-state index in [0.717, 1.165) is 15.7 Å². The van der Waals surface area contributed by atoms with Crippen molar-refractivity contribution in [3.8, 4) is 0 Å². The molecule has 0 aliphatic rings. The highest BCUT2D eigenvalue weighted by Gasteiger charge is 2.08. The van der Waals surface area contributed by atoms with Crippen LogP contribution in [0.2, 0.25) is 5.02 Å². The first-order valence-electron chi connectivity index (χ1n) is 5.51. The maximum absolute atomic E-state index is 12.1. The zero-order chi connectivity index (χ0) is 13.8. The Morgan fingerprint density at radius 3 is 2.42 bits per heavy atom. The highest BCUT2D eigenvalue weighted by atomic mass is 79.9. The van der Waals surface area contributed by atoms with Crippen molar-refractivity contribution in [1.29, 1.82) is 0 Å². The summed E-state index contributed by atoms with van der Waals surface area (Å²) in [7, 11) is 0. The Balaban J connectivity index is 2.15. The molecule has 2 aromatic carbocycles. The van der Waals surface area contributed by atoms with Crippen molar-refractivity contribution >= 4 is 50.7 Å². The van der Waals surface area contributed by atoms with Crippen LogP contribution in [0.1, 0.15) is 15.9 Å². The number of benzene rings is 2. The second kappa shape index (κ2) is 6.42. The molecule has 0 saturated carbocycles. The minimum absolute atomic E-state index is 0.207. The number of hydrogen-bond donors (Lipinski definition) is 1. The Morgan fingerprint density at radius 1 is 1.16 bits per heavy atom. The summed E-state index contributed by atoms with van der Waals surface area (Å²) in [4.78, 5) is 12.1. The smallest absolute Gasteiger partial charge is 0.255 e. The summed E-state index contributed by atoms with van der Waals surface area (Å²) in [6.45, 7) is 0. The summed E-state index contributed by atoms with van der Waals surface area (Å²) >= 11 is 14.9. The van der Waals surface area contributed by atoms with E-state index in [0.29, 0.717) is 16.5 Å². The molecule has 5 heteroatoms. The number of hydrogen-bond acceptors (Lipinski definition) is 1. The van der Waals surface area contributed by atoms with Gasteiger partial charge in [-0.1, -0.05) is 39.7 Å². The Kier molecular flexibility index (Phi) is 4.86. The van der Waals surface area contributed by atoms with E-state index in [2.05, 4.69) is 21.2 Å². The van der Waals surface area contributed by atoms with Crippen molar-refractivity contribution in [2.24, 2.45) is 0 Å². The Labute approximate surface area is 129 Å². The molecule has 2 rings (SSSR count). The zero-order valence-electron chi connectivity index (χ0n) is 9.79. The molecule has 0 saturated heterocycles. The molecule has 0 spiro atoms. The molecule has 98 valence electrons. The molecule has 0 aliphatic carbocycles. The van der Waals surface area contributed by atoms with Gasteiger partial charge in [-0.2, -0.15) is 0 Å². The van der Waals surface area contributed by atoms with Crippen LogP contribution in [0.3, 0.4) is 0 Å². The lowest BCUT2D eigenvalue weighted by Gasteiger charge is -2.07. The molecule has 0 aromatic heterocycles. The predicted molar refractivity (Wildman–Crippen MR) is 83.1 cm³/mol. The second-order valence-electron chi connectivity index (χ2n) is 3.94. The molecule has 2 aromatic rings. The van der Waals surface area contributed by atoms with Crippen LogP contribution in [0.4, 0.5) is 5.69 Å². The molecule has 0 atom stereocenters. The van der Waals surface area contributed by atoms with Crippen LogP contribution in [0.15, 0.2) is 46.9 Å². The topological polar surface area (TPSA) is 29.1 Å². The van der Waals surface area contributed by atoms with Crippen molar-refractivity contribution in [2.75, 3.05) is 5.32 Å². The lowest BCUT2D eigenvalue weighted by atomic mass is 10.2. The fourth-order valence-corrected chi connectivity index (χ4v) is 2.60. The molecule has 0 unspecified atom stereocenters. The molecular weight excluding hydrogens is 349 g/mol. The molecule has 1 amide bonds. The van der Waals surface area contributed by atoms with Crippen LogP contribution in [0, 0.1) is 0 Å². The van der Waals surface area contributed by atoms with Crippen molar-refractivity contribution in [3.05, 3.63) is 63.1 Å². The summed E-state index contributed by atoms with van der Waals surface area (Å²) in [5, 5.41) is 3.31. The van der Waals surface area contributed by atoms with E-state index in [1.165, 1.54) is 0 Å². The summed E-state index contributed by atoms with van der Waals surface area (Å²) < 4.78 is 0.766. The van der Waals surface area contributed by atoms with Gasteiger partial charge in [0.1, 0.15) is 0 Å². The molecule has 0 radical (unpaired) electrons. The Bertz CT molecular complexity index is 579. The number of carbonyl (C=O) groups is 1. The largest absolute Gasteiger partial charge is 0.322 e. The highest BCUT2D eigenvalue weighted by Crippen LogP contribution is 2.20. The number of alkyl halides is 1. The van der Waals surface area contributed by atoms with E-state index in [9.17, 15) is 4.79 Å². The van der Waals surface area contributed by atoms with Crippen molar-refractivity contribution in [3.63, 3.8) is 0 Å². The maximum atomic E-state index is 12.1. The second-order valence-corrected chi connectivity index (χ2v) is 5.56. The van der Waals surface area contributed by atoms with Gasteiger partial charge < -0.3 is 5.32 Å². The van der Waals surface area contributed by atoms with Crippen LogP contribution in [-0.4, -0.2) is 5.91 Å². The summed E-state index contributed by atoms with van der Waals surface area (Å²) in [5.74, 6) is 0.247. The Morgan fingerprint density at radius 2 is 1.84 bits per heavy atom. The molecule has 0 fully saturated rings. The van der Waals surface area contributed by atoms with Crippen molar-refractivity contribution in [1.82, 2.24) is 0 Å². The average molecular weight is 359 g/mol. The number of amides is 1. The van der Waals surface area contributed by atoms with Gasteiger partial charge in [0, 0.05) is 26.6 Å². The van der Waals surface area contributed by atoms with Crippen molar-refractivity contribution in [2.45, 2.75) is 5.88 Å². The molecule has 0 aliphatic heterocycles. The fraction of sp³-hybridized carbons (Fsp3) is 0.0714. The van der Waals surface area contributed by atoms with Gasteiger partial charge in [-0.05, 0) is 35.9 Å². The SMILES string of the molecule is O=C(Nc1ccc(CCl)cc1)c1cc(Cl)cc(Br)c1. The van der Waals surface area contributed by atoms with Crippen LogP contribution in [-0.2, 0) is 5.88 Å². The van der Waals surface area contributed by atoms with Gasteiger partial charge in [-0.25, -0.2) is 0 Å². The first-order chi connectivity index (χ1) is 9.08. The van der Waals surface area contributed by atoms with E-state index in [1.807, 2.05) is 24.3 Å². The van der Waals surface area contributed by atoms with E-state index in [1.54, 1.807) is 18.2 Å². The van der Waals surface area contributed by atoms with Gasteiger partial charge >= 0.3 is 0 Å². The molecule has 0 bridgehead atoms. The van der Waals surface area contributed by atoms with Crippen LogP contribution in [0.25, 0.3) is 0 Å². The minimum atomic E-state index is -0.207. The van der Waals surface area contributed by atoms with Crippen LogP contribution in [0.5, 0.6) is 0 Å². The van der Waals surface area contributed by atoms with Gasteiger partial charge in [0.2, 0.25) is 0 Å². The predicted octanol–water partition coefficient (Wildman–Crippen LogP) is 5.09. The molecule has 0 heterocycles. The quantitative estimate of drug-likeness (QED) is 0.760. The van der Waals surface area contributed by atoms with E-state index in [4.69, 9.17) is 23.2 Å². The highest BCUT2D eigenvalue weighted by molar-refractivity contribution is 9.10. The van der Waals surface area contributed by atoms with Gasteiger partial charge in [0.05, 0.1) is 0 Å². The third kappa shape index (κ3) is 3.96. The average Bonchev–Trinajstić information content (AvgIpc) is 2.38. The van der Waals surface area contributed by atoms with Crippen LogP contribution < -0.4 is 5.32 Å². The van der Waals surface area contributed by atoms with E-state index >= 15 is 0 Å². The first kappa shape index (κ1) is 14.4. The number of nitrogens with one attached hydrogen (secondary N) is 1. The van der Waals surface area contributed by atoms with Gasteiger partial charge in [0.25, 0.3) is 5.91 Å². The summed E-state index contributed by atoms with van der Waals surface area (Å²) in [6.07, 6.45) is 0. The monoisotopic (exact) mass is 357 g/mol. The molecule has 19 heavy (non-hydrogen) atoms. The van der Waals surface area contributed by atoms with Gasteiger partial charge in [-0.3, -0.25) is 4.79 Å². The van der Waals surface area contributed by atoms with Crippen molar-refractivity contribution < 1.29 is 4.79 Å². The van der Waals surface area contributed by atoms with Gasteiger partial charge in [-0.15, -0.1) is 11.6 Å². The minimum Gasteiger partial charge on any atom is -0.322 e. The number of halogens is 3.